The summed E-state index contributed by atoms with van der Waals surface area (Å²) in [6.45, 7) is 3.70. The zero-order valence-electron chi connectivity index (χ0n) is 11.1. The van der Waals surface area contributed by atoms with Crippen molar-refractivity contribution in [3.05, 3.63) is 0 Å². The molecule has 1 heterocycles. The molecule has 0 aromatic rings. The number of carbonyl (C=O) groups excluding carboxylic acids is 1. The van der Waals surface area contributed by atoms with E-state index in [1.807, 2.05) is 0 Å². The van der Waals surface area contributed by atoms with Gasteiger partial charge in [-0.2, -0.15) is 17.0 Å². The molecule has 0 unspecified atom stereocenters. The Kier molecular flexibility index (Phi) is 5.36. The lowest BCUT2D eigenvalue weighted by molar-refractivity contribution is 0.109. The number of ether oxygens (including phenoxy) is 1. The normalized spacial score (nSPS) is 18.8. The molecule has 0 aromatic carbocycles. The Bertz CT molecular complexity index is 383. The minimum atomic E-state index is -3.40. The number of amides is 1. The first-order valence-corrected chi connectivity index (χ1v) is 7.38. The molecule has 0 radical (unpaired) electrons. The van der Waals surface area contributed by atoms with Crippen molar-refractivity contribution in [1.82, 2.24) is 13.5 Å². The van der Waals surface area contributed by atoms with Gasteiger partial charge in [0.25, 0.3) is 10.2 Å². The minimum absolute atomic E-state index is 0.305. The van der Waals surface area contributed by atoms with Crippen LogP contribution >= 0.6 is 0 Å². The topological polar surface area (TPSA) is 70.2 Å². The zero-order valence-corrected chi connectivity index (χ0v) is 11.9. The fourth-order valence-corrected chi connectivity index (χ4v) is 2.89. The van der Waals surface area contributed by atoms with Crippen LogP contribution in [0.3, 0.4) is 0 Å². The fourth-order valence-electron chi connectivity index (χ4n) is 1.75. The summed E-state index contributed by atoms with van der Waals surface area (Å²) in [4.78, 5) is 13.1. The number of hydrogen-bond donors (Lipinski definition) is 0. The van der Waals surface area contributed by atoms with Crippen LogP contribution in [0.5, 0.6) is 0 Å². The summed E-state index contributed by atoms with van der Waals surface area (Å²) in [5.74, 6) is 0. The quantitative estimate of drug-likeness (QED) is 0.726. The summed E-state index contributed by atoms with van der Waals surface area (Å²) in [6, 6.07) is 0. The summed E-state index contributed by atoms with van der Waals surface area (Å²) < 4.78 is 31.4. The molecular weight excluding hydrogens is 258 g/mol. The Morgan fingerprint density at radius 1 is 1.22 bits per heavy atom. The molecule has 1 aliphatic rings. The monoisotopic (exact) mass is 279 g/mol. The highest BCUT2D eigenvalue weighted by Gasteiger charge is 2.28. The molecule has 7 nitrogen and oxygen atoms in total. The van der Waals surface area contributed by atoms with E-state index in [1.54, 1.807) is 11.8 Å². The van der Waals surface area contributed by atoms with Crippen LogP contribution in [0.2, 0.25) is 0 Å². The Morgan fingerprint density at radius 3 is 2.44 bits per heavy atom. The molecule has 1 saturated heterocycles. The summed E-state index contributed by atoms with van der Waals surface area (Å²) >= 11 is 0. The molecule has 0 spiro atoms. The van der Waals surface area contributed by atoms with Crippen LogP contribution in [0.25, 0.3) is 0 Å². The van der Waals surface area contributed by atoms with E-state index in [2.05, 4.69) is 0 Å². The van der Waals surface area contributed by atoms with E-state index >= 15 is 0 Å². The van der Waals surface area contributed by atoms with Crippen molar-refractivity contribution < 1.29 is 17.9 Å². The maximum absolute atomic E-state index is 12.0. The van der Waals surface area contributed by atoms with Gasteiger partial charge in [0, 0.05) is 40.3 Å². The smallest absolute Gasteiger partial charge is 0.409 e. The van der Waals surface area contributed by atoms with Gasteiger partial charge in [-0.15, -0.1) is 0 Å². The lowest BCUT2D eigenvalue weighted by Gasteiger charge is -2.24. The third-order valence-electron chi connectivity index (χ3n) is 2.77. The van der Waals surface area contributed by atoms with Gasteiger partial charge in [-0.1, -0.05) is 0 Å². The van der Waals surface area contributed by atoms with Crippen LogP contribution in [0, 0.1) is 0 Å². The molecule has 1 aliphatic heterocycles. The zero-order chi connectivity index (χ0) is 13.8. The van der Waals surface area contributed by atoms with Crippen molar-refractivity contribution in [1.29, 1.82) is 0 Å². The first-order valence-electron chi connectivity index (χ1n) is 5.99. The standard InChI is InChI=1S/C10H21N3O4S/c1-4-17-10(14)12-6-5-7-13(9-8-12)18(15,16)11(2)3/h4-9H2,1-3H3. The molecule has 0 atom stereocenters. The largest absolute Gasteiger partial charge is 0.450 e. The van der Waals surface area contributed by atoms with E-state index in [4.69, 9.17) is 4.74 Å². The second-order valence-corrected chi connectivity index (χ2v) is 6.37. The lowest BCUT2D eigenvalue weighted by Crippen LogP contribution is -2.42. The van der Waals surface area contributed by atoms with Crippen LogP contribution in [-0.2, 0) is 14.9 Å². The summed E-state index contributed by atoms with van der Waals surface area (Å²) in [5, 5.41) is 0. The van der Waals surface area contributed by atoms with Crippen molar-refractivity contribution >= 4 is 16.3 Å². The molecule has 18 heavy (non-hydrogen) atoms. The Balaban J connectivity index is 2.64. The average molecular weight is 279 g/mol. The third-order valence-corrected chi connectivity index (χ3v) is 4.71. The predicted octanol–water partition coefficient (Wildman–Crippen LogP) is -0.0430. The van der Waals surface area contributed by atoms with Crippen LogP contribution in [-0.4, -0.2) is 74.9 Å². The van der Waals surface area contributed by atoms with Crippen molar-refractivity contribution in [3.8, 4) is 0 Å². The average Bonchev–Trinajstić information content (AvgIpc) is 2.54. The number of rotatable bonds is 3. The molecule has 1 fully saturated rings. The van der Waals surface area contributed by atoms with Crippen molar-refractivity contribution in [2.24, 2.45) is 0 Å². The predicted molar refractivity (Wildman–Crippen MR) is 67.4 cm³/mol. The van der Waals surface area contributed by atoms with Gasteiger partial charge in [0.05, 0.1) is 6.61 Å². The van der Waals surface area contributed by atoms with E-state index in [0.717, 1.165) is 0 Å². The van der Waals surface area contributed by atoms with Gasteiger partial charge in [-0.3, -0.25) is 0 Å². The molecule has 1 amide bonds. The van der Waals surface area contributed by atoms with Gasteiger partial charge in [0.1, 0.15) is 0 Å². The Morgan fingerprint density at radius 2 is 1.89 bits per heavy atom. The fraction of sp³-hybridized carbons (Fsp3) is 0.900. The van der Waals surface area contributed by atoms with Gasteiger partial charge in [-0.25, -0.2) is 4.79 Å². The summed E-state index contributed by atoms with van der Waals surface area (Å²) in [7, 11) is -0.390. The minimum Gasteiger partial charge on any atom is -0.450 e. The highest BCUT2D eigenvalue weighted by atomic mass is 32.2. The van der Waals surface area contributed by atoms with Crippen LogP contribution in [0.4, 0.5) is 4.79 Å². The van der Waals surface area contributed by atoms with E-state index in [0.29, 0.717) is 39.2 Å². The van der Waals surface area contributed by atoms with Gasteiger partial charge in [0.2, 0.25) is 0 Å². The van der Waals surface area contributed by atoms with Gasteiger partial charge in [-0.05, 0) is 13.3 Å². The SMILES string of the molecule is CCOC(=O)N1CCCN(S(=O)(=O)N(C)C)CC1. The van der Waals surface area contributed by atoms with Crippen molar-refractivity contribution in [2.45, 2.75) is 13.3 Å². The van der Waals surface area contributed by atoms with Gasteiger partial charge in [0.15, 0.2) is 0 Å². The summed E-state index contributed by atoms with van der Waals surface area (Å²) in [5.41, 5.74) is 0. The van der Waals surface area contributed by atoms with E-state index in [9.17, 15) is 13.2 Å². The molecule has 106 valence electrons. The first kappa shape index (κ1) is 15.2. The third kappa shape index (κ3) is 3.56. The highest BCUT2D eigenvalue weighted by Crippen LogP contribution is 2.10. The highest BCUT2D eigenvalue weighted by molar-refractivity contribution is 7.86. The van der Waals surface area contributed by atoms with Gasteiger partial charge >= 0.3 is 6.09 Å². The second kappa shape index (κ2) is 6.35. The lowest BCUT2D eigenvalue weighted by atomic mass is 10.4. The van der Waals surface area contributed by atoms with Crippen LogP contribution in [0.1, 0.15) is 13.3 Å². The molecule has 0 saturated carbocycles. The maximum atomic E-state index is 12.0. The summed E-state index contributed by atoms with van der Waals surface area (Å²) in [6.07, 6.45) is 0.243. The molecular formula is C10H21N3O4S. The molecule has 0 aromatic heterocycles. The van der Waals surface area contributed by atoms with E-state index in [-0.39, 0.29) is 6.09 Å². The molecule has 0 aliphatic carbocycles. The van der Waals surface area contributed by atoms with E-state index in [1.165, 1.54) is 22.7 Å². The number of hydrogen-bond acceptors (Lipinski definition) is 4. The van der Waals surface area contributed by atoms with Crippen LogP contribution in [0.15, 0.2) is 0 Å². The Hall–Kier alpha value is -0.860. The maximum Gasteiger partial charge on any atom is 0.409 e. The van der Waals surface area contributed by atoms with Gasteiger partial charge < -0.3 is 9.64 Å². The van der Waals surface area contributed by atoms with E-state index < -0.39 is 10.2 Å². The van der Waals surface area contributed by atoms with Crippen molar-refractivity contribution in [3.63, 3.8) is 0 Å². The second-order valence-electron chi connectivity index (χ2n) is 4.23. The van der Waals surface area contributed by atoms with Crippen LogP contribution < -0.4 is 0 Å². The number of carbonyl (C=O) groups is 1. The van der Waals surface area contributed by atoms with Crippen molar-refractivity contribution in [2.75, 3.05) is 46.9 Å². The molecule has 0 bridgehead atoms. The Labute approximate surface area is 108 Å². The molecule has 8 heteroatoms. The molecule has 1 rings (SSSR count). The number of nitrogens with zero attached hydrogens (tertiary/aromatic N) is 3. The molecule has 0 N–H and O–H groups in total. The first-order chi connectivity index (χ1) is 8.39.